The van der Waals surface area contributed by atoms with Crippen LogP contribution in [0.4, 0.5) is 11.4 Å². The highest BCUT2D eigenvalue weighted by molar-refractivity contribution is 5.98. The van der Waals surface area contributed by atoms with Gasteiger partial charge in [-0.15, -0.1) is 0 Å². The van der Waals surface area contributed by atoms with Crippen molar-refractivity contribution in [1.82, 2.24) is 10.9 Å². The Morgan fingerprint density at radius 3 is 1.30 bits per heavy atom. The molecule has 0 aliphatic heterocycles. The van der Waals surface area contributed by atoms with E-state index in [0.29, 0.717) is 22.3 Å². The molecule has 10 nitrogen and oxygen atoms in total. The molecule has 0 aromatic heterocycles. The smallest absolute Gasteiger partial charge is 0.271 e. The molecular weight excluding hydrogens is 508 g/mol. The average molecular weight is 545 g/mol. The van der Waals surface area contributed by atoms with E-state index < -0.39 is 11.8 Å². The number of nitrogens with zero attached hydrogens (tertiary/aromatic N) is 4. The lowest BCUT2D eigenvalue weighted by atomic mass is 10.1. The number of aromatic hydroxyl groups is 2. The van der Waals surface area contributed by atoms with Gasteiger partial charge in [0.25, 0.3) is 11.8 Å². The van der Waals surface area contributed by atoms with Crippen molar-refractivity contribution < 1.29 is 19.8 Å². The Labute approximate surface area is 234 Å². The van der Waals surface area contributed by atoms with Crippen LogP contribution in [0.5, 0.6) is 11.5 Å². The van der Waals surface area contributed by atoms with Gasteiger partial charge in [-0.1, -0.05) is 0 Å². The summed E-state index contributed by atoms with van der Waals surface area (Å²) >= 11 is 0. The van der Waals surface area contributed by atoms with Gasteiger partial charge in [0.2, 0.25) is 0 Å². The van der Waals surface area contributed by atoms with Crippen LogP contribution in [0.25, 0.3) is 0 Å². The fraction of sp³-hybridized carbons (Fsp3) is 0.267. The number of hydrogen-bond donors (Lipinski definition) is 4. The van der Waals surface area contributed by atoms with Crippen molar-refractivity contribution in [2.24, 2.45) is 10.2 Å². The summed E-state index contributed by atoms with van der Waals surface area (Å²) in [6.45, 7) is 11.5. The number of carbonyl (C=O) groups is 2. The molecule has 210 valence electrons. The summed E-state index contributed by atoms with van der Waals surface area (Å²) < 4.78 is 0. The van der Waals surface area contributed by atoms with Gasteiger partial charge >= 0.3 is 0 Å². The minimum absolute atomic E-state index is 0.0623. The van der Waals surface area contributed by atoms with Gasteiger partial charge in [-0.2, -0.15) is 10.2 Å². The van der Waals surface area contributed by atoms with Crippen molar-refractivity contribution in [1.29, 1.82) is 0 Å². The molecule has 0 heterocycles. The third-order valence-corrected chi connectivity index (χ3v) is 6.43. The van der Waals surface area contributed by atoms with E-state index >= 15 is 0 Å². The number of carbonyl (C=O) groups excluding carboxylic acids is 2. The highest BCUT2D eigenvalue weighted by Gasteiger charge is 2.10. The molecule has 2 amide bonds. The SMILES string of the molecule is CCN(CC)c1ccc(/C=N/NC(=O)c2ccc(C(=O)N/N=C/c3ccc(N(CC)CC)cc3O)cc2)c(O)c1. The quantitative estimate of drug-likeness (QED) is 0.199. The molecule has 4 N–H and O–H groups in total. The van der Waals surface area contributed by atoms with E-state index in [-0.39, 0.29) is 11.5 Å². The fourth-order valence-electron chi connectivity index (χ4n) is 4.08. The number of phenolic OH excluding ortho intramolecular Hbond substituents is 2. The molecule has 3 aromatic carbocycles. The second-order valence-corrected chi connectivity index (χ2v) is 8.81. The lowest BCUT2D eigenvalue weighted by Crippen LogP contribution is -2.21. The molecule has 0 bridgehead atoms. The zero-order valence-electron chi connectivity index (χ0n) is 23.3. The van der Waals surface area contributed by atoms with Crippen molar-refractivity contribution >= 4 is 35.6 Å². The van der Waals surface area contributed by atoms with Crippen LogP contribution in [0.15, 0.2) is 70.9 Å². The molecule has 0 saturated carbocycles. The molecule has 0 aliphatic rings. The first kappa shape index (κ1) is 29.7. The second kappa shape index (κ2) is 14.3. The molecule has 40 heavy (non-hydrogen) atoms. The summed E-state index contributed by atoms with van der Waals surface area (Å²) in [4.78, 5) is 29.1. The van der Waals surface area contributed by atoms with Gasteiger partial charge in [-0.25, -0.2) is 10.9 Å². The summed E-state index contributed by atoms with van der Waals surface area (Å²) in [5.41, 5.74) is 8.19. The summed E-state index contributed by atoms with van der Waals surface area (Å²) in [5.74, 6) is -0.812. The fourth-order valence-corrected chi connectivity index (χ4v) is 4.08. The van der Waals surface area contributed by atoms with Gasteiger partial charge in [0.1, 0.15) is 11.5 Å². The maximum Gasteiger partial charge on any atom is 0.271 e. The Morgan fingerprint density at radius 1 is 0.650 bits per heavy atom. The Hall–Kier alpha value is -4.86. The second-order valence-electron chi connectivity index (χ2n) is 8.81. The van der Waals surface area contributed by atoms with Gasteiger partial charge in [0.15, 0.2) is 0 Å². The van der Waals surface area contributed by atoms with E-state index in [0.717, 1.165) is 37.6 Å². The Morgan fingerprint density at radius 2 is 1.00 bits per heavy atom. The number of phenols is 2. The van der Waals surface area contributed by atoms with Crippen molar-refractivity contribution in [3.05, 3.63) is 82.9 Å². The van der Waals surface area contributed by atoms with E-state index in [2.05, 4.69) is 30.9 Å². The Balaban J connectivity index is 1.55. The summed E-state index contributed by atoms with van der Waals surface area (Å²) in [6.07, 6.45) is 2.74. The molecule has 0 atom stereocenters. The molecule has 3 aromatic rings. The van der Waals surface area contributed by atoms with Crippen LogP contribution in [0.3, 0.4) is 0 Å². The van der Waals surface area contributed by atoms with Gasteiger partial charge in [0.05, 0.1) is 12.4 Å². The first-order valence-corrected chi connectivity index (χ1v) is 13.2. The summed E-state index contributed by atoms with van der Waals surface area (Å²) in [6, 6.07) is 16.6. The summed E-state index contributed by atoms with van der Waals surface area (Å²) in [7, 11) is 0. The molecule has 3 rings (SSSR count). The third-order valence-electron chi connectivity index (χ3n) is 6.43. The van der Waals surface area contributed by atoms with E-state index in [9.17, 15) is 19.8 Å². The lowest BCUT2D eigenvalue weighted by molar-refractivity contribution is 0.0943. The van der Waals surface area contributed by atoms with Crippen LogP contribution < -0.4 is 20.7 Å². The molecule has 0 saturated heterocycles. The van der Waals surface area contributed by atoms with E-state index in [1.807, 2.05) is 39.8 Å². The number of hydrogen-bond acceptors (Lipinski definition) is 8. The largest absolute Gasteiger partial charge is 0.507 e. The van der Waals surface area contributed by atoms with E-state index in [1.54, 1.807) is 24.3 Å². The first-order valence-electron chi connectivity index (χ1n) is 13.2. The molecule has 0 unspecified atom stereocenters. The van der Waals surface area contributed by atoms with E-state index in [4.69, 9.17) is 0 Å². The van der Waals surface area contributed by atoms with Crippen molar-refractivity contribution in [3.8, 4) is 11.5 Å². The monoisotopic (exact) mass is 544 g/mol. The van der Waals surface area contributed by atoms with Gasteiger partial charge in [-0.3, -0.25) is 9.59 Å². The highest BCUT2D eigenvalue weighted by atomic mass is 16.3. The van der Waals surface area contributed by atoms with Gasteiger partial charge < -0.3 is 20.0 Å². The number of amides is 2. The van der Waals surface area contributed by atoms with E-state index in [1.165, 1.54) is 36.7 Å². The molecule has 0 fully saturated rings. The Kier molecular flexibility index (Phi) is 10.6. The van der Waals surface area contributed by atoms with Crippen LogP contribution in [0.2, 0.25) is 0 Å². The van der Waals surface area contributed by atoms with Crippen LogP contribution in [0, 0.1) is 0 Å². The maximum atomic E-state index is 12.4. The van der Waals surface area contributed by atoms with Crippen LogP contribution in [-0.4, -0.2) is 60.6 Å². The topological polar surface area (TPSA) is 130 Å². The van der Waals surface area contributed by atoms with Crippen molar-refractivity contribution in [2.45, 2.75) is 27.7 Å². The standard InChI is InChI=1S/C30H36N6O4/c1-5-35(6-2)25-15-13-23(27(37)17-25)19-31-33-29(39)21-9-11-22(12-10-21)30(40)34-32-20-24-14-16-26(18-28(24)38)36(7-3)8-4/h9-20,37-38H,5-8H2,1-4H3,(H,33,39)(H,34,40)/b31-19+,32-20+. The van der Waals surface area contributed by atoms with Gasteiger partial charge in [-0.05, 0) is 76.2 Å². The minimum Gasteiger partial charge on any atom is -0.507 e. The van der Waals surface area contributed by atoms with Crippen molar-refractivity contribution in [3.63, 3.8) is 0 Å². The molecule has 0 aliphatic carbocycles. The zero-order chi connectivity index (χ0) is 29.1. The van der Waals surface area contributed by atoms with Crippen LogP contribution in [0.1, 0.15) is 59.5 Å². The first-order chi connectivity index (χ1) is 19.3. The molecule has 0 radical (unpaired) electrons. The zero-order valence-corrected chi connectivity index (χ0v) is 23.3. The highest BCUT2D eigenvalue weighted by Crippen LogP contribution is 2.24. The summed E-state index contributed by atoms with van der Waals surface area (Å²) in [5, 5.41) is 28.5. The normalized spacial score (nSPS) is 11.1. The van der Waals surface area contributed by atoms with Crippen LogP contribution >= 0.6 is 0 Å². The lowest BCUT2D eigenvalue weighted by Gasteiger charge is -2.21. The van der Waals surface area contributed by atoms with Gasteiger partial charge in [0, 0.05) is 71.9 Å². The molecule has 10 heteroatoms. The Bertz CT molecular complexity index is 1260. The van der Waals surface area contributed by atoms with Crippen molar-refractivity contribution in [2.75, 3.05) is 36.0 Å². The third kappa shape index (κ3) is 7.59. The number of nitrogens with one attached hydrogen (secondary N) is 2. The predicted molar refractivity (Wildman–Crippen MR) is 160 cm³/mol. The molecular formula is C30H36N6O4. The number of rotatable bonds is 12. The number of anilines is 2. The predicted octanol–water partition coefficient (Wildman–Crippen LogP) is 4.32. The number of benzene rings is 3. The maximum absolute atomic E-state index is 12.4. The minimum atomic E-state index is -0.468. The number of hydrazone groups is 2. The van der Waals surface area contributed by atoms with Crippen LogP contribution in [-0.2, 0) is 0 Å². The average Bonchev–Trinajstić information content (AvgIpc) is 2.96. The molecule has 0 spiro atoms.